The number of sulfonamides is 1. The van der Waals surface area contributed by atoms with Crippen LogP contribution in [-0.4, -0.2) is 15.0 Å². The Labute approximate surface area is 125 Å². The van der Waals surface area contributed by atoms with Crippen molar-refractivity contribution in [2.75, 3.05) is 6.54 Å². The van der Waals surface area contributed by atoms with Crippen LogP contribution in [0.1, 0.15) is 30.9 Å². The van der Waals surface area contributed by atoms with E-state index in [9.17, 15) is 8.42 Å². The third-order valence-corrected chi connectivity index (χ3v) is 5.73. The molecule has 0 amide bonds. The molecular formula is C14H21ClN2O2S. The van der Waals surface area contributed by atoms with Gasteiger partial charge in [0.1, 0.15) is 0 Å². The van der Waals surface area contributed by atoms with E-state index in [2.05, 4.69) is 11.6 Å². The summed E-state index contributed by atoms with van der Waals surface area (Å²) in [6.45, 7) is 4.58. The Morgan fingerprint density at radius 1 is 1.45 bits per heavy atom. The first kappa shape index (κ1) is 15.8. The topological polar surface area (TPSA) is 72.2 Å². The van der Waals surface area contributed by atoms with E-state index in [-0.39, 0.29) is 11.4 Å². The van der Waals surface area contributed by atoms with E-state index in [0.29, 0.717) is 29.0 Å². The van der Waals surface area contributed by atoms with Crippen LogP contribution >= 0.6 is 11.6 Å². The molecule has 1 aromatic carbocycles. The number of hydrogen-bond acceptors (Lipinski definition) is 3. The maximum Gasteiger partial charge on any atom is 0.240 e. The second-order valence-corrected chi connectivity index (χ2v) is 7.73. The van der Waals surface area contributed by atoms with Gasteiger partial charge >= 0.3 is 0 Å². The molecule has 112 valence electrons. The molecule has 0 aromatic heterocycles. The van der Waals surface area contributed by atoms with Gasteiger partial charge in [0, 0.05) is 18.1 Å². The van der Waals surface area contributed by atoms with Crippen LogP contribution in [0.4, 0.5) is 0 Å². The fourth-order valence-corrected chi connectivity index (χ4v) is 4.11. The third-order valence-electron chi connectivity index (χ3n) is 3.96. The van der Waals surface area contributed by atoms with Gasteiger partial charge in [-0.1, -0.05) is 18.5 Å². The second-order valence-electron chi connectivity index (χ2n) is 5.56. The lowest BCUT2D eigenvalue weighted by atomic mass is 10.1. The number of benzene rings is 1. The Morgan fingerprint density at radius 3 is 2.65 bits per heavy atom. The van der Waals surface area contributed by atoms with E-state index in [0.717, 1.165) is 5.56 Å². The van der Waals surface area contributed by atoms with Crippen LogP contribution in [0.5, 0.6) is 0 Å². The minimum Gasteiger partial charge on any atom is -0.326 e. The predicted molar refractivity (Wildman–Crippen MR) is 81.2 cm³/mol. The van der Waals surface area contributed by atoms with E-state index < -0.39 is 10.0 Å². The summed E-state index contributed by atoms with van der Waals surface area (Å²) in [6.07, 6.45) is 2.41. The molecule has 0 radical (unpaired) electrons. The van der Waals surface area contributed by atoms with Gasteiger partial charge in [0.05, 0.1) is 4.90 Å². The van der Waals surface area contributed by atoms with Crippen molar-refractivity contribution in [2.24, 2.45) is 17.6 Å². The van der Waals surface area contributed by atoms with Crippen molar-refractivity contribution in [1.82, 2.24) is 4.72 Å². The molecule has 2 rings (SSSR count). The molecule has 1 aliphatic rings. The van der Waals surface area contributed by atoms with Gasteiger partial charge in [0.15, 0.2) is 0 Å². The van der Waals surface area contributed by atoms with Crippen LogP contribution in [-0.2, 0) is 16.6 Å². The zero-order valence-electron chi connectivity index (χ0n) is 11.8. The van der Waals surface area contributed by atoms with Gasteiger partial charge in [0.25, 0.3) is 0 Å². The Kier molecular flexibility index (Phi) is 4.74. The van der Waals surface area contributed by atoms with Gasteiger partial charge in [-0.15, -0.1) is 0 Å². The summed E-state index contributed by atoms with van der Waals surface area (Å²) >= 11 is 5.98. The quantitative estimate of drug-likeness (QED) is 0.846. The number of halogens is 1. The Morgan fingerprint density at radius 2 is 2.10 bits per heavy atom. The molecule has 20 heavy (non-hydrogen) atoms. The lowest BCUT2D eigenvalue weighted by Crippen LogP contribution is -2.30. The third kappa shape index (κ3) is 3.52. The highest BCUT2D eigenvalue weighted by atomic mass is 35.5. The molecule has 0 heterocycles. The van der Waals surface area contributed by atoms with Gasteiger partial charge in [-0.05, 0) is 54.9 Å². The van der Waals surface area contributed by atoms with Gasteiger partial charge in [-0.3, -0.25) is 0 Å². The summed E-state index contributed by atoms with van der Waals surface area (Å²) in [5.41, 5.74) is 7.06. The Bertz CT molecular complexity index is 597. The second kappa shape index (κ2) is 6.02. The summed E-state index contributed by atoms with van der Waals surface area (Å²) in [7, 11) is -3.54. The Balaban J connectivity index is 2.22. The van der Waals surface area contributed by atoms with Gasteiger partial charge in [0.2, 0.25) is 10.0 Å². The predicted octanol–water partition coefficient (Wildman–Crippen LogP) is 2.43. The fourth-order valence-electron chi connectivity index (χ4n) is 2.35. The summed E-state index contributed by atoms with van der Waals surface area (Å²) in [5.74, 6) is 1.04. The molecule has 0 spiro atoms. The maximum atomic E-state index is 12.4. The first-order chi connectivity index (χ1) is 9.35. The molecular weight excluding hydrogens is 296 g/mol. The van der Waals surface area contributed by atoms with Crippen molar-refractivity contribution in [3.8, 4) is 0 Å². The Hall–Kier alpha value is -0.620. The van der Waals surface area contributed by atoms with E-state index in [1.54, 1.807) is 13.0 Å². The fraction of sp³-hybridized carbons (Fsp3) is 0.571. The van der Waals surface area contributed by atoms with Crippen molar-refractivity contribution in [3.63, 3.8) is 0 Å². The van der Waals surface area contributed by atoms with Crippen LogP contribution in [0.2, 0.25) is 5.02 Å². The minimum absolute atomic E-state index is 0.230. The molecule has 6 heteroatoms. The van der Waals surface area contributed by atoms with E-state index in [4.69, 9.17) is 17.3 Å². The van der Waals surface area contributed by atoms with Crippen molar-refractivity contribution in [1.29, 1.82) is 0 Å². The molecule has 0 bridgehead atoms. The molecule has 1 saturated carbocycles. The zero-order chi connectivity index (χ0) is 14.9. The van der Waals surface area contributed by atoms with Gasteiger partial charge in [-0.25, -0.2) is 13.1 Å². The van der Waals surface area contributed by atoms with Crippen molar-refractivity contribution < 1.29 is 8.42 Å². The zero-order valence-corrected chi connectivity index (χ0v) is 13.4. The molecule has 0 aliphatic heterocycles. The highest BCUT2D eigenvalue weighted by Gasteiger charge is 2.29. The highest BCUT2D eigenvalue weighted by molar-refractivity contribution is 7.89. The average Bonchev–Trinajstić information content (AvgIpc) is 3.22. The van der Waals surface area contributed by atoms with Crippen LogP contribution in [0.25, 0.3) is 0 Å². The molecule has 1 atom stereocenters. The number of hydrogen-bond donors (Lipinski definition) is 2. The van der Waals surface area contributed by atoms with Crippen LogP contribution in [0.15, 0.2) is 17.0 Å². The molecule has 0 saturated heterocycles. The van der Waals surface area contributed by atoms with E-state index in [1.165, 1.54) is 18.9 Å². The smallest absolute Gasteiger partial charge is 0.240 e. The molecule has 3 N–H and O–H groups in total. The summed E-state index contributed by atoms with van der Waals surface area (Å²) in [6, 6.07) is 3.20. The van der Waals surface area contributed by atoms with E-state index in [1.807, 2.05) is 0 Å². The van der Waals surface area contributed by atoms with Crippen molar-refractivity contribution >= 4 is 21.6 Å². The van der Waals surface area contributed by atoms with Gasteiger partial charge in [-0.2, -0.15) is 0 Å². The first-order valence-electron chi connectivity index (χ1n) is 6.84. The molecule has 1 aliphatic carbocycles. The minimum atomic E-state index is -3.54. The van der Waals surface area contributed by atoms with Crippen molar-refractivity contribution in [3.05, 3.63) is 28.3 Å². The monoisotopic (exact) mass is 316 g/mol. The van der Waals surface area contributed by atoms with E-state index >= 15 is 0 Å². The molecule has 1 aromatic rings. The van der Waals surface area contributed by atoms with Gasteiger partial charge < -0.3 is 5.73 Å². The molecule has 1 fully saturated rings. The largest absolute Gasteiger partial charge is 0.326 e. The maximum absolute atomic E-state index is 12.4. The lowest BCUT2D eigenvalue weighted by molar-refractivity contribution is 0.491. The SMILES string of the molecule is Cc1c(CN)cc(Cl)cc1S(=O)(=O)NCC(C)C1CC1. The molecule has 4 nitrogen and oxygen atoms in total. The van der Waals surface area contributed by atoms with Crippen LogP contribution in [0.3, 0.4) is 0 Å². The summed E-state index contributed by atoms with van der Waals surface area (Å²) in [4.78, 5) is 0.230. The summed E-state index contributed by atoms with van der Waals surface area (Å²) < 4.78 is 27.5. The standard InChI is InChI=1S/C14H21ClN2O2S/c1-9(11-3-4-11)8-17-20(18,19)14-6-13(15)5-12(7-16)10(14)2/h5-6,9,11,17H,3-4,7-8,16H2,1-2H3. The lowest BCUT2D eigenvalue weighted by Gasteiger charge is -2.15. The normalized spacial score (nSPS) is 17.2. The number of rotatable bonds is 6. The number of nitrogens with one attached hydrogen (secondary N) is 1. The number of nitrogens with two attached hydrogens (primary N) is 1. The van der Waals surface area contributed by atoms with Crippen LogP contribution in [0, 0.1) is 18.8 Å². The average molecular weight is 317 g/mol. The van der Waals surface area contributed by atoms with Crippen molar-refractivity contribution in [2.45, 2.75) is 38.1 Å². The first-order valence-corrected chi connectivity index (χ1v) is 8.70. The highest BCUT2D eigenvalue weighted by Crippen LogP contribution is 2.36. The van der Waals surface area contributed by atoms with Crippen LogP contribution < -0.4 is 10.5 Å². The summed E-state index contributed by atoms with van der Waals surface area (Å²) in [5, 5.41) is 0.395. The molecule has 1 unspecified atom stereocenters.